The summed E-state index contributed by atoms with van der Waals surface area (Å²) in [5, 5.41) is 14.2. The number of carbonyl (C=O) groups is 1. The van der Waals surface area contributed by atoms with Crippen LogP contribution in [-0.4, -0.2) is 25.5 Å². The molecule has 0 bridgehead atoms. The molecular formula is C13H17N3O. The van der Waals surface area contributed by atoms with Crippen LogP contribution in [0.5, 0.6) is 0 Å². The van der Waals surface area contributed by atoms with Crippen LogP contribution < -0.4 is 10.6 Å². The van der Waals surface area contributed by atoms with Gasteiger partial charge in [0.25, 0.3) is 5.91 Å². The van der Waals surface area contributed by atoms with Gasteiger partial charge in [-0.1, -0.05) is 17.7 Å². The van der Waals surface area contributed by atoms with Gasteiger partial charge >= 0.3 is 0 Å². The lowest BCUT2D eigenvalue weighted by Gasteiger charge is -2.06. The molecule has 1 aromatic rings. The highest BCUT2D eigenvalue weighted by molar-refractivity contribution is 5.94. The number of rotatable bonds is 6. The van der Waals surface area contributed by atoms with Gasteiger partial charge in [-0.05, 0) is 19.1 Å². The monoisotopic (exact) mass is 231 g/mol. The van der Waals surface area contributed by atoms with Crippen LogP contribution in [0.25, 0.3) is 0 Å². The standard InChI is InChI=1S/C13H17N3O/c1-11-3-5-12(6-4-11)13(17)16-10-9-15-8-2-7-14/h3-6,15H,2,8-10H2,1H3,(H,16,17). The second-order valence-electron chi connectivity index (χ2n) is 3.78. The van der Waals surface area contributed by atoms with Gasteiger partial charge in [-0.25, -0.2) is 0 Å². The average Bonchev–Trinajstić information content (AvgIpc) is 2.34. The Bertz CT molecular complexity index is 392. The van der Waals surface area contributed by atoms with Gasteiger partial charge in [0, 0.05) is 31.6 Å². The number of benzene rings is 1. The SMILES string of the molecule is Cc1ccc(C(=O)NCCNCCC#N)cc1. The molecule has 90 valence electrons. The number of nitrogens with one attached hydrogen (secondary N) is 2. The van der Waals surface area contributed by atoms with Gasteiger partial charge in [0.05, 0.1) is 6.07 Å². The van der Waals surface area contributed by atoms with Crippen LogP contribution in [-0.2, 0) is 0 Å². The largest absolute Gasteiger partial charge is 0.351 e. The van der Waals surface area contributed by atoms with E-state index in [9.17, 15) is 4.79 Å². The first-order valence-electron chi connectivity index (χ1n) is 5.66. The number of hydrogen-bond acceptors (Lipinski definition) is 3. The van der Waals surface area contributed by atoms with Crippen LogP contribution in [0.3, 0.4) is 0 Å². The minimum absolute atomic E-state index is 0.0629. The van der Waals surface area contributed by atoms with Crippen molar-refractivity contribution in [1.29, 1.82) is 5.26 Å². The van der Waals surface area contributed by atoms with E-state index in [0.717, 1.165) is 5.56 Å². The highest BCUT2D eigenvalue weighted by atomic mass is 16.1. The van der Waals surface area contributed by atoms with E-state index < -0.39 is 0 Å². The maximum absolute atomic E-state index is 11.7. The predicted molar refractivity (Wildman–Crippen MR) is 66.6 cm³/mol. The maximum atomic E-state index is 11.7. The van der Waals surface area contributed by atoms with E-state index >= 15 is 0 Å². The zero-order valence-corrected chi connectivity index (χ0v) is 9.99. The van der Waals surface area contributed by atoms with Crippen molar-refractivity contribution in [1.82, 2.24) is 10.6 Å². The van der Waals surface area contributed by atoms with Crippen molar-refractivity contribution in [3.63, 3.8) is 0 Å². The van der Waals surface area contributed by atoms with Crippen molar-refractivity contribution in [2.75, 3.05) is 19.6 Å². The molecule has 0 saturated heterocycles. The molecule has 0 aromatic heterocycles. The van der Waals surface area contributed by atoms with Gasteiger partial charge in [0.15, 0.2) is 0 Å². The second kappa shape index (κ2) is 7.42. The van der Waals surface area contributed by atoms with Gasteiger partial charge in [-0.3, -0.25) is 4.79 Å². The highest BCUT2D eigenvalue weighted by Gasteiger charge is 2.02. The molecular weight excluding hydrogens is 214 g/mol. The van der Waals surface area contributed by atoms with Gasteiger partial charge in [-0.2, -0.15) is 5.26 Å². The molecule has 4 heteroatoms. The second-order valence-corrected chi connectivity index (χ2v) is 3.78. The molecule has 1 rings (SSSR count). The normalized spacial score (nSPS) is 9.65. The molecule has 1 aromatic carbocycles. The molecule has 0 saturated carbocycles. The molecule has 0 aliphatic carbocycles. The van der Waals surface area contributed by atoms with Gasteiger partial charge in [-0.15, -0.1) is 0 Å². The van der Waals surface area contributed by atoms with Crippen molar-refractivity contribution in [2.24, 2.45) is 0 Å². The van der Waals surface area contributed by atoms with E-state index in [-0.39, 0.29) is 5.91 Å². The van der Waals surface area contributed by atoms with E-state index in [1.54, 1.807) is 0 Å². The molecule has 0 fully saturated rings. The summed E-state index contributed by atoms with van der Waals surface area (Å²) >= 11 is 0. The minimum atomic E-state index is -0.0629. The highest BCUT2D eigenvalue weighted by Crippen LogP contribution is 2.02. The average molecular weight is 231 g/mol. The fourth-order valence-electron chi connectivity index (χ4n) is 1.34. The van der Waals surface area contributed by atoms with E-state index in [1.807, 2.05) is 37.3 Å². The molecule has 17 heavy (non-hydrogen) atoms. The quantitative estimate of drug-likeness (QED) is 0.724. The van der Waals surface area contributed by atoms with Crippen LogP contribution >= 0.6 is 0 Å². The molecule has 0 radical (unpaired) electrons. The van der Waals surface area contributed by atoms with Crippen LogP contribution in [0.4, 0.5) is 0 Å². The Morgan fingerprint density at radius 2 is 1.94 bits per heavy atom. The summed E-state index contributed by atoms with van der Waals surface area (Å²) in [6.45, 7) is 3.90. The molecule has 2 N–H and O–H groups in total. The maximum Gasteiger partial charge on any atom is 0.251 e. The van der Waals surface area contributed by atoms with Crippen LogP contribution in [0.2, 0.25) is 0 Å². The number of amides is 1. The van der Waals surface area contributed by atoms with Crippen molar-refractivity contribution in [2.45, 2.75) is 13.3 Å². The number of nitriles is 1. The zero-order valence-electron chi connectivity index (χ0n) is 9.99. The summed E-state index contributed by atoms with van der Waals surface area (Å²) in [5.74, 6) is -0.0629. The first kappa shape index (κ1) is 13.2. The van der Waals surface area contributed by atoms with E-state index in [1.165, 1.54) is 0 Å². The number of nitrogens with zero attached hydrogens (tertiary/aromatic N) is 1. The molecule has 4 nitrogen and oxygen atoms in total. The lowest BCUT2D eigenvalue weighted by molar-refractivity contribution is 0.0954. The Hall–Kier alpha value is -1.86. The number of hydrogen-bond donors (Lipinski definition) is 2. The van der Waals surface area contributed by atoms with E-state index in [2.05, 4.69) is 10.6 Å². The third-order valence-corrected chi connectivity index (χ3v) is 2.31. The van der Waals surface area contributed by atoms with Crippen LogP contribution in [0.1, 0.15) is 22.3 Å². The number of carbonyl (C=O) groups excluding carboxylic acids is 1. The summed E-state index contributed by atoms with van der Waals surface area (Å²) in [6.07, 6.45) is 0.492. The van der Waals surface area contributed by atoms with Crippen molar-refractivity contribution >= 4 is 5.91 Å². The Labute approximate surface area is 102 Å². The Balaban J connectivity index is 2.21. The summed E-state index contributed by atoms with van der Waals surface area (Å²) in [4.78, 5) is 11.7. The summed E-state index contributed by atoms with van der Waals surface area (Å²) in [5.41, 5.74) is 1.81. The third kappa shape index (κ3) is 5.14. The van der Waals surface area contributed by atoms with Crippen molar-refractivity contribution < 1.29 is 4.79 Å². The molecule has 0 unspecified atom stereocenters. The summed E-state index contributed by atoms with van der Waals surface area (Å²) in [7, 11) is 0. The molecule has 0 spiro atoms. The summed E-state index contributed by atoms with van der Waals surface area (Å²) in [6, 6.07) is 9.51. The lowest BCUT2D eigenvalue weighted by atomic mass is 10.1. The molecule has 0 heterocycles. The third-order valence-electron chi connectivity index (χ3n) is 2.31. The first-order valence-corrected chi connectivity index (χ1v) is 5.66. The van der Waals surface area contributed by atoms with E-state index in [4.69, 9.17) is 5.26 Å². The molecule has 0 atom stereocenters. The molecule has 0 aliphatic rings. The molecule has 0 aliphatic heterocycles. The molecule has 1 amide bonds. The smallest absolute Gasteiger partial charge is 0.251 e. The van der Waals surface area contributed by atoms with Crippen LogP contribution in [0.15, 0.2) is 24.3 Å². The summed E-state index contributed by atoms with van der Waals surface area (Å²) < 4.78 is 0. The first-order chi connectivity index (χ1) is 8.24. The van der Waals surface area contributed by atoms with Gasteiger partial charge < -0.3 is 10.6 Å². The predicted octanol–water partition coefficient (Wildman–Crippen LogP) is 1.23. The fourth-order valence-corrected chi connectivity index (χ4v) is 1.34. The lowest BCUT2D eigenvalue weighted by Crippen LogP contribution is -2.32. The Kier molecular flexibility index (Phi) is 5.76. The van der Waals surface area contributed by atoms with Crippen molar-refractivity contribution in [3.8, 4) is 6.07 Å². The van der Waals surface area contributed by atoms with Gasteiger partial charge in [0.2, 0.25) is 0 Å². The zero-order chi connectivity index (χ0) is 12.5. The minimum Gasteiger partial charge on any atom is -0.351 e. The van der Waals surface area contributed by atoms with Crippen molar-refractivity contribution in [3.05, 3.63) is 35.4 Å². The van der Waals surface area contributed by atoms with Gasteiger partial charge in [0.1, 0.15) is 0 Å². The Morgan fingerprint density at radius 1 is 1.24 bits per heavy atom. The Morgan fingerprint density at radius 3 is 2.59 bits per heavy atom. The number of aryl methyl sites for hydroxylation is 1. The topological polar surface area (TPSA) is 64.9 Å². The van der Waals surface area contributed by atoms with E-state index in [0.29, 0.717) is 31.6 Å². The van der Waals surface area contributed by atoms with Crippen LogP contribution in [0, 0.1) is 18.3 Å². The fraction of sp³-hybridized carbons (Fsp3) is 0.385.